The van der Waals surface area contributed by atoms with Gasteiger partial charge in [-0.2, -0.15) is 0 Å². The zero-order valence-electron chi connectivity index (χ0n) is 14.7. The first-order chi connectivity index (χ1) is 12.7. The number of hydrogen-bond donors (Lipinski definition) is 1. The zero-order chi connectivity index (χ0) is 19.9. The first kappa shape index (κ1) is 19.3. The van der Waals surface area contributed by atoms with Gasteiger partial charge in [0.2, 0.25) is 5.75 Å². The van der Waals surface area contributed by atoms with Gasteiger partial charge in [0.05, 0.1) is 16.0 Å². The van der Waals surface area contributed by atoms with E-state index in [-0.39, 0.29) is 38.7 Å². The highest BCUT2D eigenvalue weighted by molar-refractivity contribution is 6.36. The highest BCUT2D eigenvalue weighted by Crippen LogP contribution is 2.39. The number of hydrogen-bond acceptors (Lipinski definition) is 5. The molecule has 2 heterocycles. The van der Waals surface area contributed by atoms with Gasteiger partial charge in [0.15, 0.2) is 11.4 Å². The van der Waals surface area contributed by atoms with E-state index >= 15 is 0 Å². The van der Waals surface area contributed by atoms with Crippen LogP contribution >= 0.6 is 23.2 Å². The van der Waals surface area contributed by atoms with Crippen molar-refractivity contribution in [3.8, 4) is 5.75 Å². The molecule has 9 heteroatoms. The predicted octanol–water partition coefficient (Wildman–Crippen LogP) is 4.70. The van der Waals surface area contributed by atoms with E-state index in [0.29, 0.717) is 10.9 Å². The van der Waals surface area contributed by atoms with Gasteiger partial charge < -0.3 is 19.8 Å². The lowest BCUT2D eigenvalue weighted by molar-refractivity contribution is 0.0828. The second kappa shape index (κ2) is 7.25. The third kappa shape index (κ3) is 3.40. The summed E-state index contributed by atoms with van der Waals surface area (Å²) in [4.78, 5) is 17.8. The summed E-state index contributed by atoms with van der Waals surface area (Å²) in [6.07, 6.45) is 1.99. The monoisotopic (exact) mass is 411 g/mol. The van der Waals surface area contributed by atoms with Crippen molar-refractivity contribution in [2.24, 2.45) is 0 Å². The lowest BCUT2D eigenvalue weighted by Gasteiger charge is -2.19. The molecule has 142 valence electrons. The van der Waals surface area contributed by atoms with Gasteiger partial charge in [0.1, 0.15) is 18.2 Å². The molecular formula is C18H16Cl2FN3O3. The van der Waals surface area contributed by atoms with Crippen LogP contribution < -0.4 is 10.5 Å². The summed E-state index contributed by atoms with van der Waals surface area (Å²) in [5.41, 5.74) is 6.78. The van der Waals surface area contributed by atoms with Crippen LogP contribution in [0.4, 0.5) is 10.2 Å². The van der Waals surface area contributed by atoms with Crippen LogP contribution in [0.1, 0.15) is 28.9 Å². The van der Waals surface area contributed by atoms with E-state index in [1.54, 1.807) is 21.0 Å². The summed E-state index contributed by atoms with van der Waals surface area (Å²) in [6, 6.07) is 2.56. The quantitative estimate of drug-likeness (QED) is 0.629. The van der Waals surface area contributed by atoms with Gasteiger partial charge in [-0.25, -0.2) is 9.37 Å². The molecule has 1 unspecified atom stereocenters. The number of rotatable bonds is 4. The zero-order valence-corrected chi connectivity index (χ0v) is 16.2. The third-order valence-corrected chi connectivity index (χ3v) is 4.73. The van der Waals surface area contributed by atoms with E-state index in [2.05, 4.69) is 4.98 Å². The van der Waals surface area contributed by atoms with Crippen molar-refractivity contribution in [1.29, 1.82) is 0 Å². The Hall–Kier alpha value is -2.51. The number of nitrogens with zero attached hydrogens (tertiary/aromatic N) is 2. The molecule has 0 saturated carbocycles. The van der Waals surface area contributed by atoms with Gasteiger partial charge in [0, 0.05) is 30.9 Å². The highest BCUT2D eigenvalue weighted by atomic mass is 35.5. The number of furan rings is 1. The Labute approximate surface area is 164 Å². The average molecular weight is 412 g/mol. The van der Waals surface area contributed by atoms with E-state index in [0.717, 1.165) is 0 Å². The molecule has 0 fully saturated rings. The van der Waals surface area contributed by atoms with Crippen molar-refractivity contribution in [2.75, 3.05) is 19.8 Å². The maximum Gasteiger partial charge on any atom is 0.257 e. The van der Waals surface area contributed by atoms with E-state index in [1.165, 1.54) is 29.5 Å². The van der Waals surface area contributed by atoms with E-state index in [4.69, 9.17) is 38.1 Å². The number of aromatic nitrogens is 1. The molecule has 0 saturated heterocycles. The predicted molar refractivity (Wildman–Crippen MR) is 102 cm³/mol. The fraction of sp³-hybridized carbons (Fsp3) is 0.222. The maximum atomic E-state index is 13.8. The minimum Gasteiger partial charge on any atom is -0.478 e. The Bertz CT molecular complexity index is 1040. The van der Waals surface area contributed by atoms with Gasteiger partial charge in [-0.15, -0.1) is 0 Å². The second-order valence-corrected chi connectivity index (χ2v) is 6.87. The summed E-state index contributed by atoms with van der Waals surface area (Å²) >= 11 is 12.2. The molecule has 0 aliphatic rings. The third-order valence-electron chi connectivity index (χ3n) is 4.02. The molecule has 3 rings (SSSR count). The maximum absolute atomic E-state index is 13.8. The van der Waals surface area contributed by atoms with Gasteiger partial charge in [-0.05, 0) is 19.1 Å². The number of halogens is 3. The number of nitrogens with two attached hydrogens (primary N) is 1. The number of ether oxygens (including phenoxy) is 1. The Balaban J connectivity index is 2.06. The summed E-state index contributed by atoms with van der Waals surface area (Å²) in [5, 5.41) is 0.550. The number of pyridine rings is 1. The molecule has 0 aliphatic carbocycles. The number of benzene rings is 1. The fourth-order valence-electron chi connectivity index (χ4n) is 2.65. The minimum atomic E-state index is -0.756. The van der Waals surface area contributed by atoms with Crippen LogP contribution in [-0.4, -0.2) is 29.9 Å². The van der Waals surface area contributed by atoms with Gasteiger partial charge >= 0.3 is 0 Å². The smallest absolute Gasteiger partial charge is 0.257 e. The Morgan fingerprint density at radius 2 is 2.07 bits per heavy atom. The molecule has 2 N–H and O–H groups in total. The SMILES string of the molecule is CC(Oc1c(N)ncc2c(C(=O)N(C)C)coc12)c1c(Cl)ccc(F)c1Cl. The standard InChI is InChI=1S/C18H16Cl2FN3O3/c1-8(13-11(19)4-5-12(21)14(13)20)27-16-15-9(6-23-17(16)22)10(7-26-15)18(25)24(2)3/h4-8H,1-3H3,(H2,22,23). The summed E-state index contributed by atoms with van der Waals surface area (Å²) < 4.78 is 25.2. The number of fused-ring (bicyclic) bond motifs is 1. The van der Waals surface area contributed by atoms with E-state index in [1.807, 2.05) is 0 Å². The van der Waals surface area contributed by atoms with Crippen molar-refractivity contribution in [3.63, 3.8) is 0 Å². The molecule has 1 aromatic carbocycles. The molecule has 0 aliphatic heterocycles. The molecule has 0 bridgehead atoms. The summed E-state index contributed by atoms with van der Waals surface area (Å²) in [7, 11) is 3.25. The molecule has 6 nitrogen and oxygen atoms in total. The molecular weight excluding hydrogens is 396 g/mol. The average Bonchev–Trinajstić information content (AvgIpc) is 3.04. The van der Waals surface area contributed by atoms with Crippen LogP contribution in [0.25, 0.3) is 11.0 Å². The van der Waals surface area contributed by atoms with Crippen LogP contribution in [0.2, 0.25) is 10.0 Å². The first-order valence-electron chi connectivity index (χ1n) is 7.89. The Morgan fingerprint density at radius 1 is 1.37 bits per heavy atom. The lowest BCUT2D eigenvalue weighted by Crippen LogP contribution is -2.21. The topological polar surface area (TPSA) is 81.6 Å². The Morgan fingerprint density at radius 3 is 2.74 bits per heavy atom. The molecule has 1 atom stereocenters. The highest BCUT2D eigenvalue weighted by Gasteiger charge is 2.24. The molecule has 0 radical (unpaired) electrons. The number of carbonyl (C=O) groups is 1. The summed E-state index contributed by atoms with van der Waals surface area (Å²) in [6.45, 7) is 1.64. The van der Waals surface area contributed by atoms with Gasteiger partial charge in [-0.1, -0.05) is 23.2 Å². The number of carbonyl (C=O) groups excluding carboxylic acids is 1. The lowest BCUT2D eigenvalue weighted by atomic mass is 10.1. The largest absolute Gasteiger partial charge is 0.478 e. The van der Waals surface area contributed by atoms with Crippen LogP contribution in [0.5, 0.6) is 5.75 Å². The van der Waals surface area contributed by atoms with Crippen molar-refractivity contribution >= 4 is 45.9 Å². The van der Waals surface area contributed by atoms with Gasteiger partial charge in [0.25, 0.3) is 5.91 Å². The van der Waals surface area contributed by atoms with Crippen molar-refractivity contribution in [1.82, 2.24) is 9.88 Å². The Kier molecular flexibility index (Phi) is 5.17. The minimum absolute atomic E-state index is 0.0520. The fourth-order valence-corrected chi connectivity index (χ4v) is 3.33. The van der Waals surface area contributed by atoms with Gasteiger partial charge in [-0.3, -0.25) is 4.79 Å². The number of anilines is 1. The van der Waals surface area contributed by atoms with Crippen LogP contribution in [-0.2, 0) is 0 Å². The van der Waals surface area contributed by atoms with E-state index < -0.39 is 11.9 Å². The summed E-state index contributed by atoms with van der Waals surface area (Å²) in [5.74, 6) is -0.700. The molecule has 0 spiro atoms. The number of amides is 1. The second-order valence-electron chi connectivity index (χ2n) is 6.08. The van der Waals surface area contributed by atoms with Crippen molar-refractivity contribution in [3.05, 3.63) is 51.6 Å². The van der Waals surface area contributed by atoms with E-state index in [9.17, 15) is 9.18 Å². The van der Waals surface area contributed by atoms with Crippen molar-refractivity contribution < 1.29 is 18.3 Å². The van der Waals surface area contributed by atoms with Crippen molar-refractivity contribution in [2.45, 2.75) is 13.0 Å². The molecule has 27 heavy (non-hydrogen) atoms. The normalized spacial score (nSPS) is 12.2. The molecule has 1 amide bonds. The van der Waals surface area contributed by atoms with Crippen LogP contribution in [0.15, 0.2) is 29.0 Å². The van der Waals surface area contributed by atoms with Crippen LogP contribution in [0.3, 0.4) is 0 Å². The van der Waals surface area contributed by atoms with Crippen LogP contribution in [0, 0.1) is 5.82 Å². The molecule has 3 aromatic rings. The first-order valence-corrected chi connectivity index (χ1v) is 8.65. The number of nitrogen functional groups attached to an aromatic ring is 1. The molecule has 2 aromatic heterocycles.